The predicted molar refractivity (Wildman–Crippen MR) is 75.3 cm³/mol. The molecule has 4 heteroatoms. The zero-order valence-electron chi connectivity index (χ0n) is 9.73. The molecule has 0 unspecified atom stereocenters. The molecule has 0 amide bonds. The van der Waals surface area contributed by atoms with Crippen molar-refractivity contribution in [3.8, 4) is 0 Å². The first-order chi connectivity index (χ1) is 8.56. The van der Waals surface area contributed by atoms with E-state index in [2.05, 4.69) is 15.9 Å². The molecular formula is C14H12BrFOS. The van der Waals surface area contributed by atoms with E-state index in [1.165, 1.54) is 23.9 Å². The standard InChI is InChI=1S/C14H12BrFOS/c1-9(17)13-8-11(16)4-7-14(13)18-12-5-2-10(15)3-6-12/h2-9,17H,1H3/t9-/m1/s1. The summed E-state index contributed by atoms with van der Waals surface area (Å²) in [5.74, 6) is -0.328. The molecule has 1 atom stereocenters. The molecule has 0 aromatic heterocycles. The van der Waals surface area contributed by atoms with Crippen LogP contribution in [0.2, 0.25) is 0 Å². The van der Waals surface area contributed by atoms with Gasteiger partial charge >= 0.3 is 0 Å². The lowest BCUT2D eigenvalue weighted by Gasteiger charge is -2.11. The Bertz CT molecular complexity index is 540. The summed E-state index contributed by atoms with van der Waals surface area (Å²) in [4.78, 5) is 1.92. The van der Waals surface area contributed by atoms with Crippen molar-refractivity contribution in [3.05, 3.63) is 58.3 Å². The Balaban J connectivity index is 2.31. The topological polar surface area (TPSA) is 20.2 Å². The Morgan fingerprint density at radius 2 is 1.83 bits per heavy atom. The highest BCUT2D eigenvalue weighted by Gasteiger charge is 2.10. The van der Waals surface area contributed by atoms with Crippen LogP contribution in [0.5, 0.6) is 0 Å². The molecule has 0 heterocycles. The zero-order valence-corrected chi connectivity index (χ0v) is 12.1. The molecule has 0 aliphatic heterocycles. The van der Waals surface area contributed by atoms with Gasteiger partial charge in [-0.25, -0.2) is 4.39 Å². The van der Waals surface area contributed by atoms with Crippen molar-refractivity contribution in [3.63, 3.8) is 0 Å². The summed E-state index contributed by atoms with van der Waals surface area (Å²) in [5, 5.41) is 9.66. The van der Waals surface area contributed by atoms with Crippen LogP contribution in [0.1, 0.15) is 18.6 Å². The van der Waals surface area contributed by atoms with E-state index < -0.39 is 6.10 Å². The molecular weight excluding hydrogens is 315 g/mol. The molecule has 0 saturated carbocycles. The van der Waals surface area contributed by atoms with Crippen LogP contribution in [-0.4, -0.2) is 5.11 Å². The number of benzene rings is 2. The summed E-state index contributed by atoms with van der Waals surface area (Å²) in [5.41, 5.74) is 0.614. The minimum Gasteiger partial charge on any atom is -0.389 e. The van der Waals surface area contributed by atoms with E-state index in [0.717, 1.165) is 14.3 Å². The average Bonchev–Trinajstić information content (AvgIpc) is 2.34. The highest BCUT2D eigenvalue weighted by molar-refractivity contribution is 9.10. The molecule has 0 aliphatic carbocycles. The molecule has 1 N–H and O–H groups in total. The van der Waals surface area contributed by atoms with Crippen molar-refractivity contribution >= 4 is 27.7 Å². The fourth-order valence-corrected chi connectivity index (χ4v) is 2.84. The fourth-order valence-electron chi connectivity index (χ4n) is 1.57. The summed E-state index contributed by atoms with van der Waals surface area (Å²) in [6.45, 7) is 1.64. The molecule has 0 saturated heterocycles. The number of halogens is 2. The number of rotatable bonds is 3. The SMILES string of the molecule is C[C@@H](O)c1cc(F)ccc1Sc1ccc(Br)cc1. The van der Waals surface area contributed by atoms with E-state index in [-0.39, 0.29) is 5.82 Å². The van der Waals surface area contributed by atoms with Crippen molar-refractivity contribution in [2.75, 3.05) is 0 Å². The van der Waals surface area contributed by atoms with Crippen LogP contribution in [0, 0.1) is 5.82 Å². The molecule has 0 spiro atoms. The van der Waals surface area contributed by atoms with Gasteiger partial charge in [0.1, 0.15) is 5.82 Å². The van der Waals surface area contributed by atoms with E-state index in [1.807, 2.05) is 24.3 Å². The van der Waals surface area contributed by atoms with Gasteiger partial charge in [-0.1, -0.05) is 27.7 Å². The van der Waals surface area contributed by atoms with Gasteiger partial charge < -0.3 is 5.11 Å². The first-order valence-corrected chi connectivity index (χ1v) is 7.08. The van der Waals surface area contributed by atoms with Crippen LogP contribution in [0.15, 0.2) is 56.7 Å². The minimum absolute atomic E-state index is 0.328. The number of hydrogen-bond acceptors (Lipinski definition) is 2. The highest BCUT2D eigenvalue weighted by Crippen LogP contribution is 2.34. The molecule has 2 aromatic carbocycles. The molecule has 2 rings (SSSR count). The van der Waals surface area contributed by atoms with Gasteiger partial charge in [-0.15, -0.1) is 0 Å². The first-order valence-electron chi connectivity index (χ1n) is 5.47. The van der Waals surface area contributed by atoms with Crippen LogP contribution in [0.25, 0.3) is 0 Å². The Hall–Kier alpha value is -0.840. The average molecular weight is 327 g/mol. The van der Waals surface area contributed by atoms with Gasteiger partial charge in [0.05, 0.1) is 6.10 Å². The quantitative estimate of drug-likeness (QED) is 0.874. The van der Waals surface area contributed by atoms with E-state index in [0.29, 0.717) is 5.56 Å². The molecule has 1 nitrogen and oxygen atoms in total. The molecule has 0 bridgehead atoms. The van der Waals surface area contributed by atoms with Gasteiger partial charge in [0.15, 0.2) is 0 Å². The van der Waals surface area contributed by atoms with Gasteiger partial charge in [0.25, 0.3) is 0 Å². The van der Waals surface area contributed by atoms with Crippen LogP contribution in [0.3, 0.4) is 0 Å². The minimum atomic E-state index is -0.682. The van der Waals surface area contributed by atoms with Gasteiger partial charge in [-0.2, -0.15) is 0 Å². The first kappa shape index (κ1) is 13.6. The normalized spacial score (nSPS) is 12.4. The Labute approximate surface area is 118 Å². The number of aliphatic hydroxyl groups excluding tert-OH is 1. The van der Waals surface area contributed by atoms with Crippen molar-refractivity contribution < 1.29 is 9.50 Å². The fraction of sp³-hybridized carbons (Fsp3) is 0.143. The summed E-state index contributed by atoms with van der Waals surface area (Å²) < 4.78 is 14.2. The predicted octanol–water partition coefficient (Wildman–Crippen LogP) is 4.79. The third kappa shape index (κ3) is 3.34. The zero-order chi connectivity index (χ0) is 13.1. The number of aliphatic hydroxyl groups is 1. The highest BCUT2D eigenvalue weighted by atomic mass is 79.9. The molecule has 2 aromatic rings. The summed E-state index contributed by atoms with van der Waals surface area (Å²) >= 11 is 4.89. The third-order valence-corrected chi connectivity index (χ3v) is 4.09. The van der Waals surface area contributed by atoms with E-state index in [9.17, 15) is 9.50 Å². The monoisotopic (exact) mass is 326 g/mol. The molecule has 0 aliphatic rings. The number of hydrogen-bond donors (Lipinski definition) is 1. The lowest BCUT2D eigenvalue weighted by atomic mass is 10.1. The Kier molecular flexibility index (Phi) is 4.43. The Morgan fingerprint density at radius 3 is 2.44 bits per heavy atom. The summed E-state index contributed by atoms with van der Waals surface area (Å²) in [6, 6.07) is 12.3. The van der Waals surface area contributed by atoms with E-state index >= 15 is 0 Å². The van der Waals surface area contributed by atoms with Crippen LogP contribution < -0.4 is 0 Å². The van der Waals surface area contributed by atoms with E-state index in [1.54, 1.807) is 13.0 Å². The maximum absolute atomic E-state index is 13.2. The second-order valence-electron chi connectivity index (χ2n) is 3.91. The lowest BCUT2D eigenvalue weighted by Crippen LogP contribution is -1.95. The maximum Gasteiger partial charge on any atom is 0.123 e. The van der Waals surface area contributed by atoms with Gasteiger partial charge in [0.2, 0.25) is 0 Å². The third-order valence-electron chi connectivity index (χ3n) is 2.46. The van der Waals surface area contributed by atoms with Crippen molar-refractivity contribution in [2.45, 2.75) is 22.8 Å². The maximum atomic E-state index is 13.2. The van der Waals surface area contributed by atoms with E-state index in [4.69, 9.17) is 0 Å². The lowest BCUT2D eigenvalue weighted by molar-refractivity contribution is 0.196. The molecule has 18 heavy (non-hydrogen) atoms. The van der Waals surface area contributed by atoms with Crippen molar-refractivity contribution in [2.24, 2.45) is 0 Å². The van der Waals surface area contributed by atoms with Gasteiger partial charge in [0, 0.05) is 14.3 Å². The molecule has 0 radical (unpaired) electrons. The van der Waals surface area contributed by atoms with Crippen molar-refractivity contribution in [1.29, 1.82) is 0 Å². The molecule has 94 valence electrons. The molecule has 0 fully saturated rings. The van der Waals surface area contributed by atoms with Crippen LogP contribution >= 0.6 is 27.7 Å². The summed E-state index contributed by atoms with van der Waals surface area (Å²) in [6.07, 6.45) is -0.682. The largest absolute Gasteiger partial charge is 0.389 e. The van der Waals surface area contributed by atoms with Crippen LogP contribution in [0.4, 0.5) is 4.39 Å². The smallest absolute Gasteiger partial charge is 0.123 e. The van der Waals surface area contributed by atoms with Crippen LogP contribution in [-0.2, 0) is 0 Å². The Morgan fingerprint density at radius 1 is 1.17 bits per heavy atom. The summed E-state index contributed by atoms with van der Waals surface area (Å²) in [7, 11) is 0. The van der Waals surface area contributed by atoms with Gasteiger partial charge in [-0.3, -0.25) is 0 Å². The second-order valence-corrected chi connectivity index (χ2v) is 5.95. The second kappa shape index (κ2) is 5.87. The van der Waals surface area contributed by atoms with Gasteiger partial charge in [-0.05, 0) is 55.0 Å². The van der Waals surface area contributed by atoms with Crippen molar-refractivity contribution in [1.82, 2.24) is 0 Å².